The minimum absolute atomic E-state index is 0.280. The Balaban J connectivity index is 1.85. The molecule has 0 unspecified atom stereocenters. The van der Waals surface area contributed by atoms with Crippen molar-refractivity contribution < 1.29 is 13.6 Å². The number of aryl methyl sites for hydroxylation is 2. The molecule has 27 heavy (non-hydrogen) atoms. The van der Waals surface area contributed by atoms with E-state index in [2.05, 4.69) is 15.6 Å². The van der Waals surface area contributed by atoms with Crippen LogP contribution in [0.4, 0.5) is 25.8 Å². The number of nitrogens with one attached hydrogen (secondary N) is 2. The Morgan fingerprint density at radius 1 is 1.04 bits per heavy atom. The van der Waals surface area contributed by atoms with Crippen LogP contribution in [0.25, 0.3) is 0 Å². The van der Waals surface area contributed by atoms with E-state index in [-0.39, 0.29) is 17.2 Å². The molecule has 0 fully saturated rings. The van der Waals surface area contributed by atoms with Gasteiger partial charge in [-0.15, -0.1) is 0 Å². The molecule has 3 aromatic rings. The third kappa shape index (κ3) is 4.11. The molecule has 2 aromatic carbocycles. The highest BCUT2D eigenvalue weighted by Crippen LogP contribution is 2.25. The average Bonchev–Trinajstić information content (AvgIpc) is 2.66. The van der Waals surface area contributed by atoms with Gasteiger partial charge in [0.25, 0.3) is 5.91 Å². The molecule has 0 bridgehead atoms. The van der Waals surface area contributed by atoms with Gasteiger partial charge in [0, 0.05) is 11.9 Å². The van der Waals surface area contributed by atoms with E-state index in [1.54, 1.807) is 0 Å². The third-order valence-corrected chi connectivity index (χ3v) is 4.21. The Bertz CT molecular complexity index is 969. The molecule has 4 nitrogen and oxygen atoms in total. The number of carbonyl (C=O) groups is 1. The lowest BCUT2D eigenvalue weighted by Gasteiger charge is -2.13. The summed E-state index contributed by atoms with van der Waals surface area (Å²) in [6.45, 7) is 3.94. The van der Waals surface area contributed by atoms with Crippen LogP contribution < -0.4 is 10.6 Å². The van der Waals surface area contributed by atoms with Crippen molar-refractivity contribution in [2.24, 2.45) is 0 Å². The summed E-state index contributed by atoms with van der Waals surface area (Å²) in [5.41, 5.74) is 3.05. The zero-order chi connectivity index (χ0) is 19.4. The molecule has 0 radical (unpaired) electrons. The Kier molecular flexibility index (Phi) is 5.45. The smallest absolute Gasteiger partial charge is 0.257 e. The van der Waals surface area contributed by atoms with Gasteiger partial charge in [-0.25, -0.2) is 8.78 Å². The molecule has 3 rings (SSSR count). The van der Waals surface area contributed by atoms with Gasteiger partial charge < -0.3 is 10.6 Å². The second-order valence-electron chi connectivity index (χ2n) is 6.10. The predicted octanol–water partition coefficient (Wildman–Crippen LogP) is 5.23. The highest BCUT2D eigenvalue weighted by molar-refractivity contribution is 6.05. The van der Waals surface area contributed by atoms with E-state index in [0.717, 1.165) is 35.4 Å². The number of halogens is 2. The first kappa shape index (κ1) is 18.5. The lowest BCUT2D eigenvalue weighted by atomic mass is 10.1. The maximum atomic E-state index is 13.8. The third-order valence-electron chi connectivity index (χ3n) is 4.21. The van der Waals surface area contributed by atoms with Crippen LogP contribution in [0.3, 0.4) is 0 Å². The Morgan fingerprint density at radius 3 is 2.44 bits per heavy atom. The number of aromatic nitrogens is 1. The number of hydrogen-bond acceptors (Lipinski definition) is 3. The predicted molar refractivity (Wildman–Crippen MR) is 102 cm³/mol. The maximum Gasteiger partial charge on any atom is 0.257 e. The van der Waals surface area contributed by atoms with Crippen LogP contribution in [0, 0.1) is 18.6 Å². The Labute approximate surface area is 156 Å². The normalized spacial score (nSPS) is 10.5. The van der Waals surface area contributed by atoms with Crippen molar-refractivity contribution in [3.05, 3.63) is 83.2 Å². The molecule has 0 saturated heterocycles. The first-order valence-corrected chi connectivity index (χ1v) is 8.55. The molecule has 1 heterocycles. The number of para-hydroxylation sites is 2. The number of carbonyl (C=O) groups excluding carboxylic acids is 1. The first-order chi connectivity index (χ1) is 13.0. The average molecular weight is 367 g/mol. The van der Waals surface area contributed by atoms with Gasteiger partial charge >= 0.3 is 0 Å². The van der Waals surface area contributed by atoms with Crippen molar-refractivity contribution in [2.45, 2.75) is 20.3 Å². The van der Waals surface area contributed by atoms with Gasteiger partial charge in [0.2, 0.25) is 0 Å². The van der Waals surface area contributed by atoms with E-state index in [9.17, 15) is 13.6 Å². The van der Waals surface area contributed by atoms with E-state index in [1.807, 2.05) is 32.0 Å². The summed E-state index contributed by atoms with van der Waals surface area (Å²) in [5.74, 6) is -1.79. The van der Waals surface area contributed by atoms with Gasteiger partial charge in [0.1, 0.15) is 17.3 Å². The second-order valence-corrected chi connectivity index (χ2v) is 6.10. The van der Waals surface area contributed by atoms with Crippen molar-refractivity contribution >= 4 is 23.0 Å². The van der Waals surface area contributed by atoms with E-state index >= 15 is 0 Å². The van der Waals surface area contributed by atoms with Crippen LogP contribution >= 0.6 is 0 Å². The molecular formula is C21H19F2N3O. The number of pyridine rings is 1. The monoisotopic (exact) mass is 367 g/mol. The summed E-state index contributed by atoms with van der Waals surface area (Å²) in [5, 5.41) is 5.55. The first-order valence-electron chi connectivity index (χ1n) is 8.55. The number of anilines is 3. The van der Waals surface area contributed by atoms with Gasteiger partial charge in [-0.05, 0) is 42.7 Å². The van der Waals surface area contributed by atoms with Crippen molar-refractivity contribution in [2.75, 3.05) is 10.6 Å². The van der Waals surface area contributed by atoms with Crippen molar-refractivity contribution in [1.29, 1.82) is 0 Å². The molecule has 0 atom stereocenters. The number of benzene rings is 2. The van der Waals surface area contributed by atoms with Crippen LogP contribution in [0.2, 0.25) is 0 Å². The molecule has 0 saturated carbocycles. The maximum absolute atomic E-state index is 13.8. The van der Waals surface area contributed by atoms with Crippen molar-refractivity contribution in [3.8, 4) is 0 Å². The Morgan fingerprint density at radius 2 is 1.74 bits per heavy atom. The molecule has 138 valence electrons. The molecule has 0 aliphatic heterocycles. The van der Waals surface area contributed by atoms with Crippen LogP contribution in [0.15, 0.2) is 54.9 Å². The molecule has 2 N–H and O–H groups in total. The highest BCUT2D eigenvalue weighted by atomic mass is 19.1. The zero-order valence-electron chi connectivity index (χ0n) is 15.0. The molecule has 0 aliphatic rings. The standard InChI is InChI=1S/C21H19F2N3O/c1-3-14-7-4-6-13(2)19(14)26-21(27)15-10-16(12-24-11-15)25-20-17(22)8-5-9-18(20)23/h4-12,25H,3H2,1-2H3,(H,26,27). The Hall–Kier alpha value is -3.28. The quantitative estimate of drug-likeness (QED) is 0.649. The highest BCUT2D eigenvalue weighted by Gasteiger charge is 2.13. The number of amides is 1. The van der Waals surface area contributed by atoms with Crippen LogP contribution in [-0.2, 0) is 6.42 Å². The molecule has 0 spiro atoms. The fraction of sp³-hybridized carbons (Fsp3) is 0.143. The number of rotatable bonds is 5. The van der Waals surface area contributed by atoms with Crippen molar-refractivity contribution in [3.63, 3.8) is 0 Å². The number of nitrogens with zero attached hydrogens (tertiary/aromatic N) is 1. The van der Waals surface area contributed by atoms with Gasteiger partial charge in [0.15, 0.2) is 0 Å². The lowest BCUT2D eigenvalue weighted by Crippen LogP contribution is -2.15. The van der Waals surface area contributed by atoms with Crippen molar-refractivity contribution in [1.82, 2.24) is 4.98 Å². The van der Waals surface area contributed by atoms with Gasteiger partial charge in [0.05, 0.1) is 17.4 Å². The number of hydrogen-bond donors (Lipinski definition) is 2. The van der Waals surface area contributed by atoms with E-state index in [0.29, 0.717) is 5.69 Å². The molecular weight excluding hydrogens is 348 g/mol. The minimum Gasteiger partial charge on any atom is -0.349 e. The summed E-state index contributed by atoms with van der Waals surface area (Å²) < 4.78 is 27.6. The van der Waals surface area contributed by atoms with Gasteiger partial charge in [-0.3, -0.25) is 9.78 Å². The summed E-state index contributed by atoms with van der Waals surface area (Å²) in [7, 11) is 0. The largest absolute Gasteiger partial charge is 0.349 e. The summed E-state index contributed by atoms with van der Waals surface area (Å²) in [4.78, 5) is 16.6. The SMILES string of the molecule is CCc1cccc(C)c1NC(=O)c1cncc(Nc2c(F)cccc2F)c1. The zero-order valence-corrected chi connectivity index (χ0v) is 15.0. The van der Waals surface area contributed by atoms with Crippen LogP contribution in [-0.4, -0.2) is 10.9 Å². The molecule has 6 heteroatoms. The summed E-state index contributed by atoms with van der Waals surface area (Å²) in [6, 6.07) is 10.9. The molecule has 1 amide bonds. The summed E-state index contributed by atoms with van der Waals surface area (Å²) >= 11 is 0. The van der Waals surface area contributed by atoms with Crippen LogP contribution in [0.5, 0.6) is 0 Å². The van der Waals surface area contributed by atoms with E-state index < -0.39 is 11.6 Å². The minimum atomic E-state index is -0.725. The van der Waals surface area contributed by atoms with Gasteiger partial charge in [-0.2, -0.15) is 0 Å². The fourth-order valence-corrected chi connectivity index (χ4v) is 2.78. The summed E-state index contributed by atoms with van der Waals surface area (Å²) in [6.07, 6.45) is 3.58. The fourth-order valence-electron chi connectivity index (χ4n) is 2.78. The van der Waals surface area contributed by atoms with Gasteiger partial charge in [-0.1, -0.05) is 31.2 Å². The molecule has 0 aliphatic carbocycles. The van der Waals surface area contributed by atoms with E-state index in [1.165, 1.54) is 24.5 Å². The molecule has 1 aromatic heterocycles. The second kappa shape index (κ2) is 7.95. The van der Waals surface area contributed by atoms with E-state index in [4.69, 9.17) is 0 Å². The van der Waals surface area contributed by atoms with Crippen LogP contribution in [0.1, 0.15) is 28.4 Å². The topological polar surface area (TPSA) is 54.0 Å². The lowest BCUT2D eigenvalue weighted by molar-refractivity contribution is 0.102.